The van der Waals surface area contributed by atoms with Crippen LogP contribution in [0, 0.1) is 0 Å². The maximum absolute atomic E-state index is 11.9. The molecule has 0 aliphatic carbocycles. The van der Waals surface area contributed by atoms with Crippen molar-refractivity contribution in [1.82, 2.24) is 10.6 Å². The molecule has 0 bridgehead atoms. The summed E-state index contributed by atoms with van der Waals surface area (Å²) in [4.78, 5) is 11.9. The van der Waals surface area contributed by atoms with Gasteiger partial charge in [0.15, 0.2) is 6.10 Å². The lowest BCUT2D eigenvalue weighted by atomic mass is 10.2. The smallest absolute Gasteiger partial charge is 0.260 e. The van der Waals surface area contributed by atoms with E-state index in [1.807, 2.05) is 32.0 Å². The highest BCUT2D eigenvalue weighted by Crippen LogP contribution is 2.23. The number of hydrogen-bond acceptors (Lipinski definition) is 3. The molecule has 4 nitrogen and oxygen atoms in total. The molecule has 1 aromatic rings. The van der Waals surface area contributed by atoms with E-state index in [-0.39, 0.29) is 11.9 Å². The molecular weight excluding hydrogens is 332 g/mol. The standard InChI is InChI=1S/C16H25BrN2O2/c1-10(2)18-9-13-8-14(6-7-15(13)17)21-12(5)16(20)19-11(3)4/h6-8,10-12,18H,9H2,1-5H3,(H,19,20). The van der Waals surface area contributed by atoms with Gasteiger partial charge in [0.25, 0.3) is 5.91 Å². The number of ether oxygens (including phenoxy) is 1. The van der Waals surface area contributed by atoms with Crippen molar-refractivity contribution in [2.24, 2.45) is 0 Å². The summed E-state index contributed by atoms with van der Waals surface area (Å²) in [7, 11) is 0. The Kier molecular flexibility index (Phi) is 7.18. The fraction of sp³-hybridized carbons (Fsp3) is 0.562. The largest absolute Gasteiger partial charge is 0.481 e. The fourth-order valence-corrected chi connectivity index (χ4v) is 2.12. The zero-order valence-corrected chi connectivity index (χ0v) is 15.0. The van der Waals surface area contributed by atoms with Crippen molar-refractivity contribution in [3.63, 3.8) is 0 Å². The molecule has 118 valence electrons. The second kappa shape index (κ2) is 8.39. The van der Waals surface area contributed by atoms with Crippen molar-refractivity contribution < 1.29 is 9.53 Å². The number of halogens is 1. The summed E-state index contributed by atoms with van der Waals surface area (Å²) in [5.74, 6) is 0.597. The molecule has 1 unspecified atom stereocenters. The molecule has 0 aliphatic heterocycles. The minimum absolute atomic E-state index is 0.102. The lowest BCUT2D eigenvalue weighted by Crippen LogP contribution is -2.40. The van der Waals surface area contributed by atoms with E-state index in [0.717, 1.165) is 16.6 Å². The van der Waals surface area contributed by atoms with Crippen molar-refractivity contribution in [3.05, 3.63) is 28.2 Å². The van der Waals surface area contributed by atoms with Gasteiger partial charge in [0.1, 0.15) is 5.75 Å². The Bertz CT molecular complexity index is 475. The van der Waals surface area contributed by atoms with Crippen LogP contribution in [-0.2, 0) is 11.3 Å². The SMILES string of the molecule is CC(C)NCc1cc(OC(C)C(=O)NC(C)C)ccc1Br. The summed E-state index contributed by atoms with van der Waals surface area (Å²) in [5, 5.41) is 6.21. The highest BCUT2D eigenvalue weighted by Gasteiger charge is 2.15. The minimum Gasteiger partial charge on any atom is -0.481 e. The van der Waals surface area contributed by atoms with Crippen LogP contribution in [0.25, 0.3) is 0 Å². The van der Waals surface area contributed by atoms with Crippen molar-refractivity contribution in [2.75, 3.05) is 0 Å². The van der Waals surface area contributed by atoms with Crippen LogP contribution in [0.3, 0.4) is 0 Å². The van der Waals surface area contributed by atoms with Gasteiger partial charge in [-0.05, 0) is 44.5 Å². The predicted octanol–water partition coefficient (Wildman–Crippen LogP) is 3.24. The first kappa shape index (κ1) is 18.0. The Labute approximate surface area is 135 Å². The van der Waals surface area contributed by atoms with E-state index in [1.165, 1.54) is 0 Å². The first-order valence-electron chi connectivity index (χ1n) is 7.28. The summed E-state index contributed by atoms with van der Waals surface area (Å²) < 4.78 is 6.75. The van der Waals surface area contributed by atoms with Gasteiger partial charge in [-0.2, -0.15) is 0 Å². The normalized spacial score (nSPS) is 12.6. The average molecular weight is 357 g/mol. The summed E-state index contributed by atoms with van der Waals surface area (Å²) in [5.41, 5.74) is 1.11. The Hall–Kier alpha value is -1.07. The fourth-order valence-electron chi connectivity index (χ4n) is 1.73. The number of nitrogens with one attached hydrogen (secondary N) is 2. The van der Waals surface area contributed by atoms with Crippen molar-refractivity contribution in [2.45, 2.75) is 59.4 Å². The van der Waals surface area contributed by atoms with Crippen LogP contribution in [0.1, 0.15) is 40.2 Å². The third-order valence-corrected chi connectivity index (χ3v) is 3.60. The number of benzene rings is 1. The van der Waals surface area contributed by atoms with Gasteiger partial charge in [-0.3, -0.25) is 4.79 Å². The monoisotopic (exact) mass is 356 g/mol. The molecule has 0 fully saturated rings. The van der Waals surface area contributed by atoms with Crippen molar-refractivity contribution in [1.29, 1.82) is 0 Å². The summed E-state index contributed by atoms with van der Waals surface area (Å²) in [6.45, 7) is 10.6. The highest BCUT2D eigenvalue weighted by atomic mass is 79.9. The lowest BCUT2D eigenvalue weighted by molar-refractivity contribution is -0.127. The van der Waals surface area contributed by atoms with Gasteiger partial charge in [-0.1, -0.05) is 29.8 Å². The molecule has 0 heterocycles. The van der Waals surface area contributed by atoms with Crippen LogP contribution in [0.15, 0.2) is 22.7 Å². The Morgan fingerprint density at radius 2 is 1.86 bits per heavy atom. The minimum atomic E-state index is -0.514. The van der Waals surface area contributed by atoms with E-state index in [2.05, 4.69) is 40.4 Å². The number of carbonyl (C=O) groups excluding carboxylic acids is 1. The molecule has 5 heteroatoms. The van der Waals surface area contributed by atoms with Gasteiger partial charge < -0.3 is 15.4 Å². The van der Waals surface area contributed by atoms with Crippen LogP contribution < -0.4 is 15.4 Å². The number of carbonyl (C=O) groups is 1. The van der Waals surface area contributed by atoms with Gasteiger partial charge in [0.05, 0.1) is 0 Å². The Morgan fingerprint density at radius 1 is 1.19 bits per heavy atom. The predicted molar refractivity (Wildman–Crippen MR) is 89.5 cm³/mol. The zero-order valence-electron chi connectivity index (χ0n) is 13.4. The number of rotatable bonds is 7. The van der Waals surface area contributed by atoms with Crippen LogP contribution in [0.4, 0.5) is 0 Å². The molecule has 0 saturated heterocycles. The van der Waals surface area contributed by atoms with Gasteiger partial charge in [-0.15, -0.1) is 0 Å². The van der Waals surface area contributed by atoms with Crippen molar-refractivity contribution in [3.8, 4) is 5.75 Å². The summed E-state index contributed by atoms with van der Waals surface area (Å²) in [6.07, 6.45) is -0.514. The quantitative estimate of drug-likeness (QED) is 0.788. The maximum atomic E-state index is 11.9. The van der Waals surface area contributed by atoms with E-state index >= 15 is 0 Å². The molecule has 0 spiro atoms. The maximum Gasteiger partial charge on any atom is 0.260 e. The highest BCUT2D eigenvalue weighted by molar-refractivity contribution is 9.10. The van der Waals surface area contributed by atoms with Gasteiger partial charge in [-0.25, -0.2) is 0 Å². The molecule has 0 aromatic heterocycles. The van der Waals surface area contributed by atoms with E-state index in [0.29, 0.717) is 11.8 Å². The average Bonchev–Trinajstić information content (AvgIpc) is 2.38. The van der Waals surface area contributed by atoms with E-state index in [9.17, 15) is 4.79 Å². The van der Waals surface area contributed by atoms with Crippen LogP contribution in [-0.4, -0.2) is 24.1 Å². The molecule has 1 aromatic carbocycles. The second-order valence-corrected chi connectivity index (χ2v) is 6.57. The molecular formula is C16H25BrN2O2. The van der Waals surface area contributed by atoms with E-state index < -0.39 is 6.10 Å². The molecule has 21 heavy (non-hydrogen) atoms. The van der Waals surface area contributed by atoms with Gasteiger partial charge in [0.2, 0.25) is 0 Å². The molecule has 1 rings (SSSR count). The first-order chi connectivity index (χ1) is 9.79. The molecule has 1 amide bonds. The second-order valence-electron chi connectivity index (χ2n) is 5.71. The van der Waals surface area contributed by atoms with Crippen LogP contribution in [0.2, 0.25) is 0 Å². The van der Waals surface area contributed by atoms with Crippen LogP contribution in [0.5, 0.6) is 5.75 Å². The molecule has 0 saturated carbocycles. The lowest BCUT2D eigenvalue weighted by Gasteiger charge is -2.17. The van der Waals surface area contributed by atoms with Gasteiger partial charge in [0, 0.05) is 23.1 Å². The number of amides is 1. The zero-order chi connectivity index (χ0) is 16.0. The third-order valence-electron chi connectivity index (χ3n) is 2.83. The molecule has 2 N–H and O–H groups in total. The van der Waals surface area contributed by atoms with Crippen molar-refractivity contribution >= 4 is 21.8 Å². The molecule has 0 radical (unpaired) electrons. The topological polar surface area (TPSA) is 50.4 Å². The van der Waals surface area contributed by atoms with E-state index in [1.54, 1.807) is 6.92 Å². The third kappa shape index (κ3) is 6.48. The first-order valence-corrected chi connectivity index (χ1v) is 8.07. The Balaban J connectivity index is 2.71. The van der Waals surface area contributed by atoms with Crippen LogP contribution >= 0.6 is 15.9 Å². The molecule has 0 aliphatic rings. The summed E-state index contributed by atoms with van der Waals surface area (Å²) in [6, 6.07) is 6.29. The Morgan fingerprint density at radius 3 is 2.43 bits per heavy atom. The van der Waals surface area contributed by atoms with E-state index in [4.69, 9.17) is 4.74 Å². The molecule has 1 atom stereocenters. The van der Waals surface area contributed by atoms with Gasteiger partial charge >= 0.3 is 0 Å². The summed E-state index contributed by atoms with van der Waals surface area (Å²) >= 11 is 3.53. The number of hydrogen-bond donors (Lipinski definition) is 2.